The molecule has 0 aromatic heterocycles. The largest absolute Gasteiger partial charge is 0.493 e. The first-order valence-corrected chi connectivity index (χ1v) is 6.83. The van der Waals surface area contributed by atoms with Crippen LogP contribution in [-0.4, -0.2) is 19.5 Å². The Morgan fingerprint density at radius 1 is 1.10 bits per heavy atom. The second kappa shape index (κ2) is 7.29. The van der Waals surface area contributed by atoms with E-state index in [0.717, 1.165) is 5.56 Å². The maximum absolute atomic E-state index is 12.0. The third-order valence-electron chi connectivity index (χ3n) is 2.97. The third-order valence-corrected chi connectivity index (χ3v) is 2.97. The molecule has 0 radical (unpaired) electrons. The van der Waals surface area contributed by atoms with Crippen molar-refractivity contribution in [3.63, 3.8) is 0 Å². The molecule has 0 fully saturated rings. The minimum Gasteiger partial charge on any atom is -0.493 e. The number of ether oxygens (including phenoxy) is 2. The zero-order valence-corrected chi connectivity index (χ0v) is 12.2. The summed E-state index contributed by atoms with van der Waals surface area (Å²) in [5, 5.41) is 0. The van der Waals surface area contributed by atoms with E-state index in [1.807, 2.05) is 43.3 Å². The second-order valence-electron chi connectivity index (χ2n) is 4.41. The van der Waals surface area contributed by atoms with E-state index in [9.17, 15) is 4.79 Å². The molecule has 2 rings (SSSR count). The molecule has 108 valence electrons. The number of hydrogen-bond donors (Lipinski definition) is 0. The molecule has 0 atom stereocenters. The highest BCUT2D eigenvalue weighted by Crippen LogP contribution is 2.28. The highest BCUT2D eigenvalue weighted by atomic mass is 16.5. The molecule has 0 spiro atoms. The van der Waals surface area contributed by atoms with E-state index in [1.165, 1.54) is 0 Å². The summed E-state index contributed by atoms with van der Waals surface area (Å²) in [5.74, 6) is 1.34. The van der Waals surface area contributed by atoms with Gasteiger partial charge in [0.15, 0.2) is 17.3 Å². The van der Waals surface area contributed by atoms with Gasteiger partial charge in [-0.1, -0.05) is 42.5 Å². The molecule has 0 N–H and O–H groups in total. The average Bonchev–Trinajstić information content (AvgIpc) is 2.54. The highest BCUT2D eigenvalue weighted by molar-refractivity contribution is 6.06. The van der Waals surface area contributed by atoms with Crippen LogP contribution in [0, 0.1) is 0 Å². The number of ketones is 1. The fraction of sp³-hybridized carbons (Fsp3) is 0.167. The van der Waals surface area contributed by atoms with Crippen LogP contribution in [0.25, 0.3) is 6.08 Å². The maximum atomic E-state index is 12.0. The van der Waals surface area contributed by atoms with Crippen LogP contribution in [0.5, 0.6) is 11.5 Å². The summed E-state index contributed by atoms with van der Waals surface area (Å²) in [6.07, 6.45) is 3.34. The van der Waals surface area contributed by atoms with E-state index in [4.69, 9.17) is 9.47 Å². The van der Waals surface area contributed by atoms with Crippen LogP contribution in [0.15, 0.2) is 54.6 Å². The number of benzene rings is 2. The van der Waals surface area contributed by atoms with Crippen molar-refractivity contribution >= 4 is 11.9 Å². The van der Waals surface area contributed by atoms with Gasteiger partial charge in [-0.15, -0.1) is 0 Å². The van der Waals surface area contributed by atoms with Gasteiger partial charge < -0.3 is 9.47 Å². The van der Waals surface area contributed by atoms with Crippen LogP contribution in [0.4, 0.5) is 0 Å². The first kappa shape index (κ1) is 14.9. The lowest BCUT2D eigenvalue weighted by Gasteiger charge is -2.09. The van der Waals surface area contributed by atoms with E-state index >= 15 is 0 Å². The summed E-state index contributed by atoms with van der Waals surface area (Å²) in [6.45, 7) is 2.48. The SMILES string of the molecule is CCOc1cc(/C=C/C(=O)c2ccccc2)ccc1OC. The molecule has 0 saturated carbocycles. The van der Waals surface area contributed by atoms with Crippen molar-refractivity contribution < 1.29 is 14.3 Å². The van der Waals surface area contributed by atoms with Gasteiger partial charge in [0, 0.05) is 5.56 Å². The Morgan fingerprint density at radius 3 is 2.52 bits per heavy atom. The predicted molar refractivity (Wildman–Crippen MR) is 84.0 cm³/mol. The number of carbonyl (C=O) groups is 1. The molecular formula is C18H18O3. The number of methoxy groups -OCH3 is 1. The summed E-state index contributed by atoms with van der Waals surface area (Å²) in [5.41, 5.74) is 1.57. The highest BCUT2D eigenvalue weighted by Gasteiger charge is 2.04. The number of hydrogen-bond acceptors (Lipinski definition) is 3. The van der Waals surface area contributed by atoms with Crippen molar-refractivity contribution in [3.8, 4) is 11.5 Å². The Balaban J connectivity index is 2.17. The van der Waals surface area contributed by atoms with Crippen molar-refractivity contribution in [3.05, 3.63) is 65.7 Å². The summed E-state index contributed by atoms with van der Waals surface area (Å²) >= 11 is 0. The second-order valence-corrected chi connectivity index (χ2v) is 4.41. The quantitative estimate of drug-likeness (QED) is 0.593. The Kier molecular flexibility index (Phi) is 5.16. The van der Waals surface area contributed by atoms with Crippen LogP contribution < -0.4 is 9.47 Å². The van der Waals surface area contributed by atoms with Gasteiger partial charge in [-0.3, -0.25) is 4.79 Å². The van der Waals surface area contributed by atoms with E-state index < -0.39 is 0 Å². The Hall–Kier alpha value is -2.55. The summed E-state index contributed by atoms with van der Waals surface area (Å²) in [4.78, 5) is 12.0. The third kappa shape index (κ3) is 3.96. The van der Waals surface area contributed by atoms with Crippen molar-refractivity contribution in [1.29, 1.82) is 0 Å². The first-order chi connectivity index (χ1) is 10.2. The van der Waals surface area contributed by atoms with E-state index in [-0.39, 0.29) is 5.78 Å². The number of rotatable bonds is 6. The lowest BCUT2D eigenvalue weighted by molar-refractivity contribution is 0.104. The van der Waals surface area contributed by atoms with Crippen LogP contribution in [-0.2, 0) is 0 Å². The molecule has 2 aromatic rings. The fourth-order valence-corrected chi connectivity index (χ4v) is 1.94. The summed E-state index contributed by atoms with van der Waals surface area (Å²) in [7, 11) is 1.60. The molecular weight excluding hydrogens is 264 g/mol. The van der Waals surface area contributed by atoms with Crippen molar-refractivity contribution in [1.82, 2.24) is 0 Å². The topological polar surface area (TPSA) is 35.5 Å². The lowest BCUT2D eigenvalue weighted by atomic mass is 10.1. The van der Waals surface area contributed by atoms with Gasteiger partial charge in [-0.05, 0) is 30.7 Å². The molecule has 2 aromatic carbocycles. The molecule has 3 heteroatoms. The monoisotopic (exact) mass is 282 g/mol. The molecule has 0 aliphatic heterocycles. The van der Waals surface area contributed by atoms with Crippen molar-refractivity contribution in [2.45, 2.75) is 6.92 Å². The van der Waals surface area contributed by atoms with Gasteiger partial charge in [0.05, 0.1) is 13.7 Å². The summed E-state index contributed by atoms with van der Waals surface area (Å²) < 4.78 is 10.7. The minimum atomic E-state index is -0.0237. The van der Waals surface area contributed by atoms with Crippen LogP contribution in [0.1, 0.15) is 22.8 Å². The molecule has 0 saturated heterocycles. The van der Waals surface area contributed by atoms with E-state index in [1.54, 1.807) is 31.4 Å². The predicted octanol–water partition coefficient (Wildman–Crippen LogP) is 3.99. The van der Waals surface area contributed by atoms with Gasteiger partial charge in [0.2, 0.25) is 0 Å². The maximum Gasteiger partial charge on any atom is 0.185 e. The van der Waals surface area contributed by atoms with E-state index in [0.29, 0.717) is 23.7 Å². The van der Waals surface area contributed by atoms with Gasteiger partial charge in [0.1, 0.15) is 0 Å². The Morgan fingerprint density at radius 2 is 1.86 bits per heavy atom. The Labute approximate surface area is 124 Å². The van der Waals surface area contributed by atoms with Crippen LogP contribution in [0.3, 0.4) is 0 Å². The van der Waals surface area contributed by atoms with Crippen molar-refractivity contribution in [2.24, 2.45) is 0 Å². The molecule has 0 bridgehead atoms. The van der Waals surface area contributed by atoms with Gasteiger partial charge in [0.25, 0.3) is 0 Å². The van der Waals surface area contributed by atoms with E-state index in [2.05, 4.69) is 0 Å². The smallest absolute Gasteiger partial charge is 0.185 e. The molecule has 3 nitrogen and oxygen atoms in total. The number of allylic oxidation sites excluding steroid dienone is 1. The average molecular weight is 282 g/mol. The first-order valence-electron chi connectivity index (χ1n) is 6.83. The minimum absolute atomic E-state index is 0.0237. The van der Waals surface area contributed by atoms with Crippen LogP contribution >= 0.6 is 0 Å². The van der Waals surface area contributed by atoms with Gasteiger partial charge in [-0.2, -0.15) is 0 Å². The molecule has 0 heterocycles. The van der Waals surface area contributed by atoms with Gasteiger partial charge >= 0.3 is 0 Å². The molecule has 0 amide bonds. The standard InChI is InChI=1S/C18H18O3/c1-3-21-18-13-14(10-12-17(18)20-2)9-11-16(19)15-7-5-4-6-8-15/h4-13H,3H2,1-2H3/b11-9+. The zero-order valence-electron chi connectivity index (χ0n) is 12.2. The molecule has 0 aliphatic rings. The van der Waals surface area contributed by atoms with Gasteiger partial charge in [-0.25, -0.2) is 0 Å². The molecule has 0 unspecified atom stereocenters. The molecule has 0 aliphatic carbocycles. The van der Waals surface area contributed by atoms with Crippen LogP contribution in [0.2, 0.25) is 0 Å². The lowest BCUT2D eigenvalue weighted by Crippen LogP contribution is -1.96. The zero-order chi connectivity index (χ0) is 15.1. The number of carbonyl (C=O) groups excluding carboxylic acids is 1. The molecule has 21 heavy (non-hydrogen) atoms. The van der Waals surface area contributed by atoms with Crippen molar-refractivity contribution in [2.75, 3.05) is 13.7 Å². The Bertz CT molecular complexity index is 630. The summed E-state index contributed by atoms with van der Waals surface area (Å²) in [6, 6.07) is 14.8. The fourth-order valence-electron chi connectivity index (χ4n) is 1.94. The normalized spacial score (nSPS) is 10.6.